The Balaban J connectivity index is 2.10. The highest BCUT2D eigenvalue weighted by atomic mass is 35.5. The second-order valence-corrected chi connectivity index (χ2v) is 6.19. The third kappa shape index (κ3) is 3.27. The molecule has 1 atom stereocenters. The number of fused-ring (bicyclic) bond motifs is 1. The van der Waals surface area contributed by atoms with Crippen LogP contribution in [0.3, 0.4) is 0 Å². The molecule has 4 nitrogen and oxygen atoms in total. The summed E-state index contributed by atoms with van der Waals surface area (Å²) in [7, 11) is 0. The van der Waals surface area contributed by atoms with Gasteiger partial charge in [-0.3, -0.25) is 9.59 Å². The summed E-state index contributed by atoms with van der Waals surface area (Å²) >= 11 is 7.33. The second-order valence-electron chi connectivity index (χ2n) is 4.51. The van der Waals surface area contributed by atoms with Gasteiger partial charge in [0.25, 0.3) is 0 Å². The molecule has 2 rings (SSSR count). The van der Waals surface area contributed by atoms with Gasteiger partial charge < -0.3 is 10.2 Å². The lowest BCUT2D eigenvalue weighted by atomic mass is 10.2. The van der Waals surface area contributed by atoms with E-state index in [1.807, 2.05) is 19.9 Å². The van der Waals surface area contributed by atoms with Crippen molar-refractivity contribution in [1.82, 2.24) is 4.90 Å². The summed E-state index contributed by atoms with van der Waals surface area (Å²) in [6.07, 6.45) is 0.222. The number of hydrogen-bond donors (Lipinski definition) is 1. The van der Waals surface area contributed by atoms with E-state index in [0.717, 1.165) is 10.6 Å². The zero-order chi connectivity index (χ0) is 14.7. The number of thioether (sulfide) groups is 1. The summed E-state index contributed by atoms with van der Waals surface area (Å²) in [5.74, 6) is -0.120. The van der Waals surface area contributed by atoms with Crippen LogP contribution < -0.4 is 5.32 Å². The first kappa shape index (κ1) is 15.2. The highest BCUT2D eigenvalue weighted by molar-refractivity contribution is 8.01. The normalized spacial score (nSPS) is 17.4. The van der Waals surface area contributed by atoms with Gasteiger partial charge in [-0.25, -0.2) is 0 Å². The predicted molar refractivity (Wildman–Crippen MR) is 82.3 cm³/mol. The lowest BCUT2D eigenvalue weighted by Crippen LogP contribution is -2.37. The molecular formula is C14H17ClN2O2S. The number of rotatable bonds is 4. The van der Waals surface area contributed by atoms with Gasteiger partial charge in [-0.05, 0) is 32.0 Å². The molecule has 0 spiro atoms. The molecule has 1 unspecified atom stereocenters. The molecule has 0 radical (unpaired) electrons. The van der Waals surface area contributed by atoms with Gasteiger partial charge in [0, 0.05) is 29.4 Å². The highest BCUT2D eigenvalue weighted by Gasteiger charge is 2.30. The van der Waals surface area contributed by atoms with E-state index in [0.29, 0.717) is 18.1 Å². The maximum absolute atomic E-state index is 12.1. The van der Waals surface area contributed by atoms with Crippen molar-refractivity contribution >= 4 is 40.9 Å². The Labute approximate surface area is 127 Å². The van der Waals surface area contributed by atoms with Crippen molar-refractivity contribution in [1.29, 1.82) is 0 Å². The molecule has 0 saturated heterocycles. The van der Waals surface area contributed by atoms with Crippen LogP contribution in [-0.2, 0) is 9.59 Å². The summed E-state index contributed by atoms with van der Waals surface area (Å²) in [4.78, 5) is 26.8. The number of amides is 2. The number of nitrogens with zero attached hydrogens (tertiary/aromatic N) is 1. The first-order valence-corrected chi connectivity index (χ1v) is 7.85. The molecule has 1 aromatic carbocycles. The Hall–Kier alpha value is -1.20. The van der Waals surface area contributed by atoms with Crippen LogP contribution in [0, 0.1) is 0 Å². The van der Waals surface area contributed by atoms with Gasteiger partial charge in [-0.2, -0.15) is 0 Å². The van der Waals surface area contributed by atoms with E-state index in [9.17, 15) is 9.59 Å². The molecule has 1 heterocycles. The zero-order valence-corrected chi connectivity index (χ0v) is 13.1. The fourth-order valence-electron chi connectivity index (χ4n) is 2.12. The fourth-order valence-corrected chi connectivity index (χ4v) is 3.38. The average molecular weight is 313 g/mol. The third-order valence-corrected chi connectivity index (χ3v) is 4.75. The highest BCUT2D eigenvalue weighted by Crippen LogP contribution is 2.38. The van der Waals surface area contributed by atoms with E-state index in [2.05, 4.69) is 5.32 Å². The minimum atomic E-state index is -0.378. The Morgan fingerprint density at radius 2 is 2.10 bits per heavy atom. The van der Waals surface area contributed by atoms with Crippen molar-refractivity contribution in [2.75, 3.05) is 18.4 Å². The van der Waals surface area contributed by atoms with Crippen molar-refractivity contribution in [2.24, 2.45) is 0 Å². The van der Waals surface area contributed by atoms with Gasteiger partial charge >= 0.3 is 0 Å². The number of carbonyl (C=O) groups is 2. The molecule has 0 fully saturated rings. The van der Waals surface area contributed by atoms with Gasteiger partial charge in [-0.1, -0.05) is 11.6 Å². The van der Waals surface area contributed by atoms with Crippen LogP contribution in [0.5, 0.6) is 0 Å². The van der Waals surface area contributed by atoms with Crippen LogP contribution >= 0.6 is 23.4 Å². The topological polar surface area (TPSA) is 49.4 Å². The Morgan fingerprint density at radius 3 is 2.75 bits per heavy atom. The lowest BCUT2D eigenvalue weighted by Gasteiger charge is -2.26. The number of halogens is 1. The molecule has 0 aliphatic carbocycles. The molecule has 108 valence electrons. The van der Waals surface area contributed by atoms with Crippen molar-refractivity contribution < 1.29 is 9.59 Å². The quantitative estimate of drug-likeness (QED) is 0.929. The summed E-state index contributed by atoms with van der Waals surface area (Å²) in [6, 6.07) is 5.38. The SMILES string of the molecule is CCN(CC)C(=O)CC1Sc2ccc(Cl)cc2NC1=O. The lowest BCUT2D eigenvalue weighted by molar-refractivity contribution is -0.132. The number of carbonyl (C=O) groups excluding carboxylic acids is 2. The Kier molecular flexibility index (Phi) is 4.94. The first-order chi connectivity index (χ1) is 9.55. The van der Waals surface area contributed by atoms with Gasteiger partial charge in [0.1, 0.15) is 0 Å². The molecule has 2 amide bonds. The summed E-state index contributed by atoms with van der Waals surface area (Å²) < 4.78 is 0. The number of benzene rings is 1. The third-order valence-electron chi connectivity index (χ3n) is 3.24. The van der Waals surface area contributed by atoms with Crippen molar-refractivity contribution in [3.05, 3.63) is 23.2 Å². The maximum atomic E-state index is 12.1. The van der Waals surface area contributed by atoms with E-state index in [1.165, 1.54) is 11.8 Å². The van der Waals surface area contributed by atoms with E-state index in [-0.39, 0.29) is 23.5 Å². The van der Waals surface area contributed by atoms with Crippen LogP contribution in [0.4, 0.5) is 5.69 Å². The van der Waals surface area contributed by atoms with Crippen LogP contribution in [0.1, 0.15) is 20.3 Å². The Morgan fingerprint density at radius 1 is 1.40 bits per heavy atom. The van der Waals surface area contributed by atoms with Gasteiger partial charge in [0.15, 0.2) is 0 Å². The maximum Gasteiger partial charge on any atom is 0.238 e. The fraction of sp³-hybridized carbons (Fsp3) is 0.429. The molecular weight excluding hydrogens is 296 g/mol. The number of anilines is 1. The smallest absolute Gasteiger partial charge is 0.238 e. The van der Waals surface area contributed by atoms with Crippen LogP contribution in [0.15, 0.2) is 23.1 Å². The predicted octanol–water partition coefficient (Wildman–Crippen LogP) is 3.01. The Bertz CT molecular complexity index is 532. The largest absolute Gasteiger partial charge is 0.343 e. The van der Waals surface area contributed by atoms with Gasteiger partial charge in [0.05, 0.1) is 10.9 Å². The van der Waals surface area contributed by atoms with Crippen LogP contribution in [0.25, 0.3) is 0 Å². The molecule has 20 heavy (non-hydrogen) atoms. The average Bonchev–Trinajstić information content (AvgIpc) is 2.41. The molecule has 0 aromatic heterocycles. The van der Waals surface area contributed by atoms with E-state index < -0.39 is 0 Å². The molecule has 1 aliphatic heterocycles. The van der Waals surface area contributed by atoms with Crippen LogP contribution in [0.2, 0.25) is 5.02 Å². The van der Waals surface area contributed by atoms with E-state index in [4.69, 9.17) is 11.6 Å². The van der Waals surface area contributed by atoms with Gasteiger partial charge in [0.2, 0.25) is 11.8 Å². The molecule has 1 N–H and O–H groups in total. The molecule has 1 aromatic rings. The molecule has 6 heteroatoms. The van der Waals surface area contributed by atoms with E-state index in [1.54, 1.807) is 17.0 Å². The van der Waals surface area contributed by atoms with Crippen LogP contribution in [-0.4, -0.2) is 35.1 Å². The second kappa shape index (κ2) is 6.50. The minimum Gasteiger partial charge on any atom is -0.343 e. The summed E-state index contributed by atoms with van der Waals surface area (Å²) in [5.41, 5.74) is 0.721. The molecule has 0 saturated carbocycles. The standard InChI is InChI=1S/C14H17ClN2O2S/c1-3-17(4-2)13(18)8-12-14(19)16-10-7-9(15)5-6-11(10)20-12/h5-7,12H,3-4,8H2,1-2H3,(H,16,19). The van der Waals surface area contributed by atoms with Crippen molar-refractivity contribution in [3.8, 4) is 0 Å². The molecule has 0 bridgehead atoms. The number of hydrogen-bond acceptors (Lipinski definition) is 3. The zero-order valence-electron chi connectivity index (χ0n) is 11.5. The summed E-state index contributed by atoms with van der Waals surface area (Å²) in [6.45, 7) is 5.21. The minimum absolute atomic E-state index is 0.0139. The van der Waals surface area contributed by atoms with Crippen molar-refractivity contribution in [2.45, 2.75) is 30.4 Å². The number of nitrogens with one attached hydrogen (secondary N) is 1. The molecule has 1 aliphatic rings. The monoisotopic (exact) mass is 312 g/mol. The first-order valence-electron chi connectivity index (χ1n) is 6.60. The van der Waals surface area contributed by atoms with Crippen molar-refractivity contribution in [3.63, 3.8) is 0 Å². The summed E-state index contributed by atoms with van der Waals surface area (Å²) in [5, 5.41) is 3.02. The van der Waals surface area contributed by atoms with Gasteiger partial charge in [-0.15, -0.1) is 11.8 Å². The van der Waals surface area contributed by atoms with E-state index >= 15 is 0 Å².